The topological polar surface area (TPSA) is 64.0 Å². The van der Waals surface area contributed by atoms with Crippen molar-refractivity contribution in [3.05, 3.63) is 40.4 Å². The summed E-state index contributed by atoms with van der Waals surface area (Å²) in [5, 5.41) is 0.493. The van der Waals surface area contributed by atoms with E-state index < -0.39 is 0 Å². The van der Waals surface area contributed by atoms with E-state index in [4.69, 9.17) is 0 Å². The summed E-state index contributed by atoms with van der Waals surface area (Å²) in [5.74, 6) is 0.238. The molecule has 1 atom stereocenters. The molecule has 0 aliphatic rings. The summed E-state index contributed by atoms with van der Waals surface area (Å²) in [4.78, 5) is 27.9. The van der Waals surface area contributed by atoms with E-state index in [-0.39, 0.29) is 15.4 Å². The van der Waals surface area contributed by atoms with Crippen LogP contribution in [0.25, 0.3) is 10.9 Å². The first-order valence-corrected chi connectivity index (χ1v) is 6.68. The first kappa shape index (κ1) is 13.0. The van der Waals surface area contributed by atoms with Crippen LogP contribution in [0.15, 0.2) is 29.1 Å². The number of hydrogen-bond acceptors (Lipinski definition) is 3. The zero-order valence-electron chi connectivity index (χ0n) is 9.98. The maximum Gasteiger partial charge on any atom is 0.280 e. The lowest BCUT2D eigenvalue weighted by atomic mass is 10.2. The van der Waals surface area contributed by atoms with Crippen LogP contribution in [-0.4, -0.2) is 15.6 Å². The summed E-state index contributed by atoms with van der Waals surface area (Å²) >= 11 is 2.16. The highest BCUT2D eigenvalue weighted by molar-refractivity contribution is 14.1. The Morgan fingerprint density at radius 3 is 2.72 bits per heavy atom. The van der Waals surface area contributed by atoms with Gasteiger partial charge in [-0.25, -0.2) is 9.66 Å². The second-order valence-electron chi connectivity index (χ2n) is 3.91. The normalized spacial score (nSPS) is 12.4. The zero-order chi connectivity index (χ0) is 13.3. The third-order valence-electron chi connectivity index (χ3n) is 2.43. The number of para-hydroxylation sites is 1. The largest absolute Gasteiger partial charge is 0.280 e. The van der Waals surface area contributed by atoms with Crippen LogP contribution in [0.2, 0.25) is 0 Å². The average Bonchev–Trinajstić information content (AvgIpc) is 2.32. The second kappa shape index (κ2) is 5.05. The van der Waals surface area contributed by atoms with E-state index in [1.807, 2.05) is 13.0 Å². The molecule has 0 radical (unpaired) electrons. The first-order valence-electron chi connectivity index (χ1n) is 5.44. The van der Waals surface area contributed by atoms with Gasteiger partial charge in [0, 0.05) is 6.92 Å². The Hall–Kier alpha value is -1.44. The van der Waals surface area contributed by atoms with Crippen molar-refractivity contribution < 1.29 is 4.79 Å². The van der Waals surface area contributed by atoms with Gasteiger partial charge in [-0.1, -0.05) is 34.7 Å². The van der Waals surface area contributed by atoms with Crippen molar-refractivity contribution in [2.75, 3.05) is 5.43 Å². The van der Waals surface area contributed by atoms with Crippen LogP contribution in [-0.2, 0) is 4.79 Å². The van der Waals surface area contributed by atoms with E-state index in [0.29, 0.717) is 16.7 Å². The molecule has 1 heterocycles. The summed E-state index contributed by atoms with van der Waals surface area (Å²) in [5.41, 5.74) is 2.90. The Morgan fingerprint density at radius 1 is 1.44 bits per heavy atom. The highest BCUT2D eigenvalue weighted by Crippen LogP contribution is 2.20. The fourth-order valence-electron chi connectivity index (χ4n) is 1.68. The molecule has 1 N–H and O–H groups in total. The maximum absolute atomic E-state index is 12.3. The van der Waals surface area contributed by atoms with Gasteiger partial charge in [0.15, 0.2) is 0 Å². The maximum atomic E-state index is 12.3. The van der Waals surface area contributed by atoms with Crippen LogP contribution < -0.4 is 11.0 Å². The van der Waals surface area contributed by atoms with Crippen LogP contribution in [0.5, 0.6) is 0 Å². The molecule has 0 fully saturated rings. The number of hydrogen-bond donors (Lipinski definition) is 1. The summed E-state index contributed by atoms with van der Waals surface area (Å²) in [6.07, 6.45) is 0. The molecule has 1 amide bonds. The van der Waals surface area contributed by atoms with E-state index in [1.54, 1.807) is 18.2 Å². The lowest BCUT2D eigenvalue weighted by molar-refractivity contribution is -0.115. The van der Waals surface area contributed by atoms with Gasteiger partial charge in [0.25, 0.3) is 5.56 Å². The number of benzene rings is 1. The molecule has 2 rings (SSSR count). The third-order valence-corrected chi connectivity index (χ3v) is 2.98. The van der Waals surface area contributed by atoms with Crippen LogP contribution >= 0.6 is 22.6 Å². The Kier molecular flexibility index (Phi) is 3.65. The zero-order valence-corrected chi connectivity index (χ0v) is 12.1. The van der Waals surface area contributed by atoms with Gasteiger partial charge >= 0.3 is 0 Å². The molecule has 1 aromatic carbocycles. The monoisotopic (exact) mass is 357 g/mol. The predicted octanol–water partition coefficient (Wildman–Crippen LogP) is 1.98. The van der Waals surface area contributed by atoms with Gasteiger partial charge in [0.2, 0.25) is 5.91 Å². The van der Waals surface area contributed by atoms with Crippen molar-refractivity contribution in [2.45, 2.75) is 17.8 Å². The van der Waals surface area contributed by atoms with Crippen LogP contribution in [0.1, 0.15) is 23.6 Å². The molecule has 2 aromatic rings. The van der Waals surface area contributed by atoms with Gasteiger partial charge in [-0.05, 0) is 19.1 Å². The van der Waals surface area contributed by atoms with E-state index in [2.05, 4.69) is 33.0 Å². The predicted molar refractivity (Wildman–Crippen MR) is 78.5 cm³/mol. The Labute approximate surface area is 117 Å². The molecule has 0 saturated heterocycles. The minimum Gasteiger partial charge on any atom is -0.274 e. The number of halogens is 1. The summed E-state index contributed by atoms with van der Waals surface area (Å²) in [6, 6.07) is 7.10. The Morgan fingerprint density at radius 2 is 2.11 bits per heavy atom. The number of nitrogens with one attached hydrogen (secondary N) is 1. The minimum atomic E-state index is -0.299. The fraction of sp³-hybridized carbons (Fsp3) is 0.250. The lowest BCUT2D eigenvalue weighted by Gasteiger charge is -2.14. The smallest absolute Gasteiger partial charge is 0.274 e. The SMILES string of the molecule is CC(=O)Nn1c(C(C)I)nc2ccccc2c1=O. The van der Waals surface area contributed by atoms with Gasteiger partial charge in [-0.3, -0.25) is 15.0 Å². The molecule has 1 aromatic heterocycles. The minimum absolute atomic E-state index is 0.00626. The van der Waals surface area contributed by atoms with Crippen molar-refractivity contribution in [3.63, 3.8) is 0 Å². The number of alkyl halides is 1. The standard InChI is InChI=1S/C12H12IN3O2/c1-7(13)11-14-10-6-4-3-5-9(10)12(18)16(11)15-8(2)17/h3-7H,1-2H3,(H,15,17). The van der Waals surface area contributed by atoms with Crippen LogP contribution in [0.4, 0.5) is 0 Å². The molecule has 0 aliphatic heterocycles. The number of carbonyl (C=O) groups is 1. The molecule has 18 heavy (non-hydrogen) atoms. The summed E-state index contributed by atoms with van der Waals surface area (Å²) in [6.45, 7) is 3.28. The average molecular weight is 357 g/mol. The number of carbonyl (C=O) groups excluding carboxylic acids is 1. The Bertz CT molecular complexity index is 664. The second-order valence-corrected chi connectivity index (χ2v) is 5.78. The highest BCUT2D eigenvalue weighted by atomic mass is 127. The van der Waals surface area contributed by atoms with Gasteiger partial charge < -0.3 is 0 Å². The van der Waals surface area contributed by atoms with E-state index >= 15 is 0 Å². The van der Waals surface area contributed by atoms with Crippen LogP contribution in [0, 0.1) is 0 Å². The van der Waals surface area contributed by atoms with E-state index in [1.165, 1.54) is 11.6 Å². The van der Waals surface area contributed by atoms with Gasteiger partial charge in [-0.15, -0.1) is 0 Å². The van der Waals surface area contributed by atoms with Gasteiger partial charge in [0.05, 0.1) is 14.8 Å². The van der Waals surface area contributed by atoms with Gasteiger partial charge in [-0.2, -0.15) is 0 Å². The summed E-state index contributed by atoms with van der Waals surface area (Å²) in [7, 11) is 0. The van der Waals surface area contributed by atoms with Crippen molar-refractivity contribution in [1.82, 2.24) is 9.66 Å². The van der Waals surface area contributed by atoms with Gasteiger partial charge in [0.1, 0.15) is 5.82 Å². The molecule has 0 bridgehead atoms. The molecule has 94 valence electrons. The number of nitrogens with zero attached hydrogens (tertiary/aromatic N) is 2. The molecule has 0 saturated carbocycles. The highest BCUT2D eigenvalue weighted by Gasteiger charge is 2.14. The molecule has 0 spiro atoms. The molecule has 0 aliphatic carbocycles. The molecular formula is C12H12IN3O2. The van der Waals surface area contributed by atoms with Crippen molar-refractivity contribution >= 4 is 39.4 Å². The van der Waals surface area contributed by atoms with Crippen molar-refractivity contribution in [1.29, 1.82) is 0 Å². The van der Waals surface area contributed by atoms with Crippen molar-refractivity contribution in [3.8, 4) is 0 Å². The molecule has 1 unspecified atom stereocenters. The quantitative estimate of drug-likeness (QED) is 0.661. The fourth-order valence-corrected chi connectivity index (χ4v) is 2.10. The lowest BCUT2D eigenvalue weighted by Crippen LogP contribution is -2.35. The van der Waals surface area contributed by atoms with Crippen molar-refractivity contribution in [2.24, 2.45) is 0 Å². The molecular weight excluding hydrogens is 345 g/mol. The summed E-state index contributed by atoms with van der Waals surface area (Å²) < 4.78 is 1.23. The van der Waals surface area contributed by atoms with E-state index in [9.17, 15) is 9.59 Å². The Balaban J connectivity index is 2.79. The first-order chi connectivity index (χ1) is 8.50. The molecule has 5 nitrogen and oxygen atoms in total. The number of aromatic nitrogens is 2. The molecule has 6 heteroatoms. The number of fused-ring (bicyclic) bond motifs is 1. The number of rotatable bonds is 2. The van der Waals surface area contributed by atoms with E-state index in [0.717, 1.165) is 0 Å². The number of amides is 1. The third kappa shape index (κ3) is 2.38. The van der Waals surface area contributed by atoms with Crippen LogP contribution in [0.3, 0.4) is 0 Å².